The molecular weight excluding hydrogens is 1250 g/mol. The lowest BCUT2D eigenvalue weighted by Crippen LogP contribution is -2.55. The van der Waals surface area contributed by atoms with Gasteiger partial charge in [-0.1, -0.05) is 78.9 Å². The normalized spacial score (nSPS) is 21.0. The number of nitrogens with zero attached hydrogens (tertiary/aromatic N) is 5. The van der Waals surface area contributed by atoms with Crippen molar-refractivity contribution in [2.24, 2.45) is 0 Å². The molecule has 1 amide bonds. The summed E-state index contributed by atoms with van der Waals surface area (Å²) in [4.78, 5) is 23.1. The third kappa shape index (κ3) is 22.9. The molecule has 4 aliphatic heterocycles. The molecule has 0 aliphatic carbocycles. The van der Waals surface area contributed by atoms with Gasteiger partial charge in [0.05, 0.1) is 72.8 Å². The fourth-order valence-electron chi connectivity index (χ4n) is 12.1. The number of amides is 1. The Hall–Kier alpha value is -5.91. The second kappa shape index (κ2) is 36.4. The first kappa shape index (κ1) is 77.1. The molecule has 3 N–H and O–H groups in total. The molecule has 0 saturated carbocycles. The van der Waals surface area contributed by atoms with Crippen molar-refractivity contribution in [3.63, 3.8) is 0 Å². The minimum Gasteiger partial charge on any atom is -0.445 e. The summed E-state index contributed by atoms with van der Waals surface area (Å²) in [6.45, 7) is 19.6. The second-order valence-corrected chi connectivity index (χ2v) is 23.8. The summed E-state index contributed by atoms with van der Waals surface area (Å²) in [5.41, 5.74) is 1.73. The predicted molar refractivity (Wildman–Crippen MR) is 336 cm³/mol. The van der Waals surface area contributed by atoms with Gasteiger partial charge in [-0.25, -0.2) is 4.79 Å². The van der Waals surface area contributed by atoms with Crippen LogP contribution in [0.3, 0.4) is 0 Å². The smallest absolute Gasteiger partial charge is 0.416 e. The maximum atomic E-state index is 12.9. The molecule has 14 nitrogen and oxygen atoms in total. The zero-order valence-corrected chi connectivity index (χ0v) is 54.5. The number of hydrogen-bond donors (Lipinski definition) is 3. The average Bonchev–Trinajstić information content (AvgIpc) is 0.879. The van der Waals surface area contributed by atoms with Crippen molar-refractivity contribution in [2.45, 2.75) is 107 Å². The second-order valence-electron chi connectivity index (χ2n) is 23.8. The van der Waals surface area contributed by atoms with E-state index in [2.05, 4.69) is 56.3 Å². The highest BCUT2D eigenvalue weighted by Gasteiger charge is 2.38. The van der Waals surface area contributed by atoms with Crippen molar-refractivity contribution in [1.82, 2.24) is 40.4 Å². The van der Waals surface area contributed by atoms with Crippen molar-refractivity contribution in [2.75, 3.05) is 133 Å². The Morgan fingerprint density at radius 2 is 0.681 bits per heavy atom. The number of piperazine rings is 4. The number of benzene rings is 5. The van der Waals surface area contributed by atoms with Crippen LogP contribution in [0, 0.1) is 0 Å². The van der Waals surface area contributed by atoms with Gasteiger partial charge in [-0.15, -0.1) is 0 Å². The van der Waals surface area contributed by atoms with Crippen LogP contribution in [0.15, 0.2) is 127 Å². The number of carbonyl (C=O) groups is 1. The summed E-state index contributed by atoms with van der Waals surface area (Å²) in [5, 5.41) is 9.93. The van der Waals surface area contributed by atoms with E-state index in [0.29, 0.717) is 64.2 Å². The van der Waals surface area contributed by atoms with E-state index in [9.17, 15) is 57.5 Å². The van der Waals surface area contributed by atoms with E-state index < -0.39 is 47.0 Å². The first-order valence-electron chi connectivity index (χ1n) is 31.3. The van der Waals surface area contributed by atoms with Crippen LogP contribution in [0.4, 0.5) is 57.5 Å². The summed E-state index contributed by atoms with van der Waals surface area (Å²) in [7, 11) is 6.41. The zero-order chi connectivity index (χ0) is 68.8. The Kier molecular flexibility index (Phi) is 29.9. The molecule has 4 heterocycles. The van der Waals surface area contributed by atoms with Crippen LogP contribution in [0.2, 0.25) is 0 Å². The lowest BCUT2D eigenvalue weighted by atomic mass is 10.0. The van der Waals surface area contributed by atoms with E-state index in [0.717, 1.165) is 135 Å². The summed E-state index contributed by atoms with van der Waals surface area (Å²) >= 11 is 0. The van der Waals surface area contributed by atoms with Crippen LogP contribution in [0.5, 0.6) is 0 Å². The Labute approximate surface area is 544 Å². The van der Waals surface area contributed by atoms with E-state index in [1.54, 1.807) is 69.7 Å². The molecule has 4 fully saturated rings. The molecule has 9 rings (SSSR count). The van der Waals surface area contributed by atoms with Gasteiger partial charge in [-0.3, -0.25) is 19.6 Å². The van der Waals surface area contributed by atoms with Gasteiger partial charge in [0.2, 0.25) is 0 Å². The van der Waals surface area contributed by atoms with Crippen molar-refractivity contribution < 1.29 is 81.2 Å². The lowest BCUT2D eigenvalue weighted by Gasteiger charge is -2.43. The van der Waals surface area contributed by atoms with Crippen molar-refractivity contribution in [3.05, 3.63) is 177 Å². The third-order valence-corrected chi connectivity index (χ3v) is 17.2. The van der Waals surface area contributed by atoms with Gasteiger partial charge >= 0.3 is 30.8 Å². The summed E-state index contributed by atoms with van der Waals surface area (Å²) in [6, 6.07) is 31.6. The highest BCUT2D eigenvalue weighted by molar-refractivity contribution is 5.68. The average molecular weight is 1340 g/mol. The predicted octanol–water partition coefficient (Wildman–Crippen LogP) is 12.8. The molecule has 5 aromatic rings. The van der Waals surface area contributed by atoms with E-state index >= 15 is 0 Å². The topological polar surface area (TPSA) is 116 Å². The van der Waals surface area contributed by atoms with Crippen LogP contribution < -0.4 is 16.0 Å². The molecule has 0 aromatic heterocycles. The van der Waals surface area contributed by atoms with E-state index in [1.165, 1.54) is 12.1 Å². The van der Waals surface area contributed by atoms with Crippen molar-refractivity contribution >= 4 is 6.09 Å². The molecule has 8 atom stereocenters. The van der Waals surface area contributed by atoms with Gasteiger partial charge in [0, 0.05) is 131 Å². The fourth-order valence-corrected chi connectivity index (χ4v) is 12.1. The lowest BCUT2D eigenvalue weighted by molar-refractivity contribution is -0.138. The Morgan fingerprint density at radius 3 is 0.926 bits per heavy atom. The molecule has 5 aromatic carbocycles. The van der Waals surface area contributed by atoms with Crippen LogP contribution in [-0.2, 0) is 55.0 Å². The minimum atomic E-state index is -4.37. The van der Waals surface area contributed by atoms with Crippen molar-refractivity contribution in [3.8, 4) is 0 Å². The van der Waals surface area contributed by atoms with Crippen LogP contribution >= 0.6 is 0 Å². The first-order valence-corrected chi connectivity index (χ1v) is 31.3. The maximum Gasteiger partial charge on any atom is 0.416 e. The van der Waals surface area contributed by atoms with Gasteiger partial charge in [-0.2, -0.15) is 52.7 Å². The zero-order valence-electron chi connectivity index (χ0n) is 54.5. The number of methoxy groups -OCH3 is 4. The van der Waals surface area contributed by atoms with Crippen LogP contribution in [0.1, 0.15) is 102 Å². The molecule has 26 heteroatoms. The molecule has 4 aliphatic rings. The highest BCUT2D eigenvalue weighted by atomic mass is 19.4. The molecule has 522 valence electrons. The van der Waals surface area contributed by atoms with Crippen LogP contribution in [-0.4, -0.2) is 188 Å². The number of halogens is 12. The first-order chi connectivity index (χ1) is 44.6. The molecule has 0 bridgehead atoms. The molecule has 0 spiro atoms. The Bertz CT molecular complexity index is 2770. The van der Waals surface area contributed by atoms with Gasteiger partial charge in [0.15, 0.2) is 0 Å². The number of rotatable bonds is 18. The minimum absolute atomic E-state index is 0.0135. The summed E-state index contributed by atoms with van der Waals surface area (Å²) in [5.74, 6) is 0. The number of ether oxygens (including phenoxy) is 5. The quantitative estimate of drug-likeness (QED) is 0.0724. The largest absolute Gasteiger partial charge is 0.445 e. The molecular formula is C68H90F12N8O6. The van der Waals surface area contributed by atoms with Gasteiger partial charge in [0.1, 0.15) is 6.61 Å². The van der Waals surface area contributed by atoms with Crippen molar-refractivity contribution in [1.29, 1.82) is 0 Å². The van der Waals surface area contributed by atoms with Gasteiger partial charge < -0.3 is 44.5 Å². The van der Waals surface area contributed by atoms with Crippen LogP contribution in [0.25, 0.3) is 0 Å². The van der Waals surface area contributed by atoms with Gasteiger partial charge in [-0.05, 0) is 104 Å². The van der Waals surface area contributed by atoms with E-state index in [4.69, 9.17) is 23.7 Å². The third-order valence-electron chi connectivity index (χ3n) is 17.2. The number of alkyl halides is 12. The monoisotopic (exact) mass is 1340 g/mol. The van der Waals surface area contributed by atoms with E-state index in [1.807, 2.05) is 37.3 Å². The maximum absolute atomic E-state index is 12.9. The van der Waals surface area contributed by atoms with Gasteiger partial charge in [0.25, 0.3) is 0 Å². The number of nitrogens with one attached hydrogen (secondary N) is 3. The summed E-state index contributed by atoms with van der Waals surface area (Å²) < 4.78 is 179. The summed E-state index contributed by atoms with van der Waals surface area (Å²) in [6.07, 6.45) is -17.6. The molecule has 0 radical (unpaired) electrons. The SMILES string of the molecule is COC[C@@H](c1ccc(C(F)(F)F)cc1)N1CCN(C(=O)OCc2ccccc2)C[C@@H]1C.COC[C@@H](c1ccc(C(F)(F)F)cc1)N1CCNC[C@@H]1C.COC[C@@H](c1ccc(C(F)(F)F)cc1)N1CCNC[C@@H]1C.COC[C@@H](c1ccc(C(F)(F)F)cc1)N1CCNC[C@@H]1C. The van der Waals surface area contributed by atoms with E-state index in [-0.39, 0.29) is 42.9 Å². The Morgan fingerprint density at radius 1 is 0.404 bits per heavy atom. The standard InChI is InChI=1S/C23H27F3N2O3.3C15H21F3N2O/c1-17-14-27(22(29)31-15-18-6-4-3-5-7-18)12-13-28(17)21(16-30-2)19-8-10-20(11-9-19)23(24,25)26;3*1-11-9-19-7-8-20(11)14(10-21-2)12-3-5-13(6-4-12)15(16,17)18/h3-11,17,21H,12-16H2,1-2H3;3*3-6,11,14,19H,7-10H2,1-2H3/t17-,21-;3*11-,14-/m0000/s1. The highest BCUT2D eigenvalue weighted by Crippen LogP contribution is 2.36. The fraction of sp³-hybridized carbons (Fsp3) is 0.544. The molecule has 0 unspecified atom stereocenters. The number of carbonyl (C=O) groups excluding carboxylic acids is 1. The Balaban J connectivity index is 0.000000202. The number of hydrogen-bond acceptors (Lipinski definition) is 13. The molecule has 4 saturated heterocycles. The molecule has 94 heavy (non-hydrogen) atoms.